The minimum atomic E-state index is -4.23. The van der Waals surface area contributed by atoms with Crippen LogP contribution in [0.5, 0.6) is 5.75 Å². The van der Waals surface area contributed by atoms with Crippen LogP contribution in [0.4, 0.5) is 8.78 Å². The van der Waals surface area contributed by atoms with E-state index in [9.17, 15) is 22.0 Å². The van der Waals surface area contributed by atoms with Crippen molar-refractivity contribution < 1.29 is 26.7 Å². The predicted octanol–water partition coefficient (Wildman–Crippen LogP) is 0.516. The Balaban J connectivity index is 2.90. The Hall–Kier alpha value is -1.74. The maximum atomic E-state index is 13.5. The van der Waals surface area contributed by atoms with Crippen molar-refractivity contribution in [3.05, 3.63) is 23.8 Å². The average molecular weight is 308 g/mol. The number of nitrogens with two attached hydrogens (primary N) is 1. The van der Waals surface area contributed by atoms with Gasteiger partial charge in [-0.15, -0.1) is 0 Å². The zero-order chi connectivity index (χ0) is 15.5. The Morgan fingerprint density at radius 3 is 2.25 bits per heavy atom. The lowest BCUT2D eigenvalue weighted by atomic mass is 10.3. The molecule has 3 N–H and O–H groups in total. The Morgan fingerprint density at radius 2 is 1.85 bits per heavy atom. The molecule has 9 heteroatoms. The fourth-order valence-electron chi connectivity index (χ4n) is 1.34. The summed E-state index contributed by atoms with van der Waals surface area (Å²) in [6.07, 6.45) is 0. The van der Waals surface area contributed by atoms with Crippen LogP contribution < -0.4 is 15.2 Å². The van der Waals surface area contributed by atoms with E-state index in [1.165, 1.54) is 0 Å². The quantitative estimate of drug-likeness (QED) is 0.828. The third kappa shape index (κ3) is 4.42. The van der Waals surface area contributed by atoms with Gasteiger partial charge in [-0.25, -0.2) is 22.3 Å². The molecule has 0 aliphatic carbocycles. The van der Waals surface area contributed by atoms with Gasteiger partial charge in [0.2, 0.25) is 10.0 Å². The molecule has 0 heterocycles. The van der Waals surface area contributed by atoms with Crippen molar-refractivity contribution in [3.63, 3.8) is 0 Å². The van der Waals surface area contributed by atoms with Gasteiger partial charge in [0.1, 0.15) is 0 Å². The molecular formula is C11H14F2N2O4S. The Morgan fingerprint density at radius 1 is 1.35 bits per heavy atom. The lowest BCUT2D eigenvalue weighted by Crippen LogP contribution is -2.34. The maximum absolute atomic E-state index is 13.5. The highest BCUT2D eigenvalue weighted by Gasteiger charge is 2.18. The van der Waals surface area contributed by atoms with Crippen LogP contribution in [0.3, 0.4) is 0 Å². The topological polar surface area (TPSA) is 98.5 Å². The summed E-state index contributed by atoms with van der Waals surface area (Å²) in [7, 11) is -4.23. The van der Waals surface area contributed by atoms with E-state index in [1.54, 1.807) is 13.8 Å². The molecule has 1 aromatic rings. The summed E-state index contributed by atoms with van der Waals surface area (Å²) in [5.74, 6) is -3.91. The third-order valence-electron chi connectivity index (χ3n) is 2.10. The van der Waals surface area contributed by atoms with Crippen LogP contribution in [0.15, 0.2) is 17.0 Å². The van der Waals surface area contributed by atoms with Gasteiger partial charge >= 0.3 is 0 Å². The second-order valence-corrected chi connectivity index (χ2v) is 5.83. The highest BCUT2D eigenvalue weighted by atomic mass is 32.2. The van der Waals surface area contributed by atoms with Crippen LogP contribution in [-0.4, -0.2) is 27.0 Å². The zero-order valence-electron chi connectivity index (χ0n) is 10.8. The molecule has 0 unspecified atom stereocenters. The summed E-state index contributed by atoms with van der Waals surface area (Å²) in [6.45, 7) is 2.82. The first-order chi connectivity index (χ1) is 9.11. The number of hydrogen-bond donors (Lipinski definition) is 2. The van der Waals surface area contributed by atoms with Crippen LogP contribution in [-0.2, 0) is 14.8 Å². The van der Waals surface area contributed by atoms with E-state index in [0.29, 0.717) is 12.1 Å². The van der Waals surface area contributed by atoms with Gasteiger partial charge in [0.25, 0.3) is 5.91 Å². The van der Waals surface area contributed by atoms with Crippen molar-refractivity contribution in [2.45, 2.75) is 24.8 Å². The van der Waals surface area contributed by atoms with Crippen molar-refractivity contribution in [1.29, 1.82) is 0 Å². The number of carbonyl (C=O) groups is 1. The number of ether oxygens (including phenoxy) is 1. The molecule has 112 valence electrons. The van der Waals surface area contributed by atoms with Gasteiger partial charge in [-0.05, 0) is 26.0 Å². The number of rotatable bonds is 5. The molecular weight excluding hydrogens is 294 g/mol. The van der Waals surface area contributed by atoms with Crippen molar-refractivity contribution in [3.8, 4) is 5.75 Å². The lowest BCUT2D eigenvalue weighted by Gasteiger charge is -2.11. The average Bonchev–Trinajstić information content (AvgIpc) is 2.25. The predicted molar refractivity (Wildman–Crippen MR) is 66.5 cm³/mol. The number of hydrogen-bond acceptors (Lipinski definition) is 4. The largest absolute Gasteiger partial charge is 0.478 e. The molecule has 0 atom stereocenters. The van der Waals surface area contributed by atoms with E-state index in [2.05, 4.69) is 5.32 Å². The molecule has 0 spiro atoms. The number of nitrogens with one attached hydrogen (secondary N) is 1. The normalized spacial score (nSPS) is 11.5. The first-order valence-corrected chi connectivity index (χ1v) is 7.10. The fraction of sp³-hybridized carbons (Fsp3) is 0.364. The van der Waals surface area contributed by atoms with Crippen molar-refractivity contribution in [1.82, 2.24) is 5.32 Å². The van der Waals surface area contributed by atoms with Gasteiger partial charge in [0, 0.05) is 6.04 Å². The summed E-state index contributed by atoms with van der Waals surface area (Å²) in [6, 6.07) is 0.896. The van der Waals surface area contributed by atoms with E-state index in [4.69, 9.17) is 9.88 Å². The molecule has 1 aromatic carbocycles. The van der Waals surface area contributed by atoms with E-state index >= 15 is 0 Å². The molecule has 0 saturated heterocycles. The van der Waals surface area contributed by atoms with Crippen LogP contribution in [0.2, 0.25) is 0 Å². The number of benzene rings is 1. The standard InChI is InChI=1S/C11H14F2N2O4S/c1-6(2)15-10(16)5-19-11-8(12)3-7(4-9(11)13)20(14,17)18/h3-4,6H,5H2,1-2H3,(H,15,16)(H2,14,17,18). The number of primary sulfonamides is 1. The highest BCUT2D eigenvalue weighted by molar-refractivity contribution is 7.89. The first kappa shape index (κ1) is 16.3. The maximum Gasteiger partial charge on any atom is 0.258 e. The second-order valence-electron chi connectivity index (χ2n) is 4.27. The molecule has 0 fully saturated rings. The minimum Gasteiger partial charge on any atom is -0.478 e. The fourth-order valence-corrected chi connectivity index (χ4v) is 1.88. The Labute approximate surface area is 115 Å². The molecule has 0 saturated carbocycles. The summed E-state index contributed by atoms with van der Waals surface area (Å²) in [5, 5.41) is 7.22. The summed E-state index contributed by atoms with van der Waals surface area (Å²) < 4.78 is 53.7. The molecule has 0 bridgehead atoms. The van der Waals surface area contributed by atoms with Gasteiger partial charge < -0.3 is 10.1 Å². The van der Waals surface area contributed by atoms with Crippen LogP contribution in [0, 0.1) is 11.6 Å². The van der Waals surface area contributed by atoms with Crippen LogP contribution >= 0.6 is 0 Å². The van der Waals surface area contributed by atoms with Gasteiger partial charge in [0.05, 0.1) is 4.90 Å². The minimum absolute atomic E-state index is 0.148. The van der Waals surface area contributed by atoms with Gasteiger partial charge in [-0.2, -0.15) is 0 Å². The van der Waals surface area contributed by atoms with Crippen molar-refractivity contribution in [2.24, 2.45) is 5.14 Å². The molecule has 0 aliphatic rings. The molecule has 1 rings (SSSR count). The van der Waals surface area contributed by atoms with Crippen LogP contribution in [0.1, 0.15) is 13.8 Å². The highest BCUT2D eigenvalue weighted by Crippen LogP contribution is 2.24. The van der Waals surface area contributed by atoms with Gasteiger partial charge in [-0.3, -0.25) is 4.79 Å². The Kier molecular flexibility index (Phi) is 5.01. The molecule has 6 nitrogen and oxygen atoms in total. The Bertz CT molecular complexity index is 594. The smallest absolute Gasteiger partial charge is 0.258 e. The van der Waals surface area contributed by atoms with E-state index in [1.807, 2.05) is 0 Å². The summed E-state index contributed by atoms with van der Waals surface area (Å²) in [5.41, 5.74) is 0. The number of carbonyl (C=O) groups excluding carboxylic acids is 1. The SMILES string of the molecule is CC(C)NC(=O)COc1c(F)cc(S(N)(=O)=O)cc1F. The number of sulfonamides is 1. The second kappa shape index (κ2) is 6.14. The molecule has 0 radical (unpaired) electrons. The number of halogens is 2. The van der Waals surface area contributed by atoms with Crippen molar-refractivity contribution >= 4 is 15.9 Å². The van der Waals surface area contributed by atoms with E-state index in [-0.39, 0.29) is 6.04 Å². The lowest BCUT2D eigenvalue weighted by molar-refractivity contribution is -0.123. The van der Waals surface area contributed by atoms with Gasteiger partial charge in [-0.1, -0.05) is 0 Å². The molecule has 0 aliphatic heterocycles. The molecule has 0 aromatic heterocycles. The summed E-state index contributed by atoms with van der Waals surface area (Å²) >= 11 is 0. The van der Waals surface area contributed by atoms with E-state index < -0.39 is 44.8 Å². The number of amides is 1. The van der Waals surface area contributed by atoms with E-state index in [0.717, 1.165) is 0 Å². The zero-order valence-corrected chi connectivity index (χ0v) is 11.6. The molecule has 20 heavy (non-hydrogen) atoms. The third-order valence-corrected chi connectivity index (χ3v) is 2.99. The monoisotopic (exact) mass is 308 g/mol. The van der Waals surface area contributed by atoms with Crippen molar-refractivity contribution in [2.75, 3.05) is 6.61 Å². The molecule has 1 amide bonds. The summed E-state index contributed by atoms with van der Waals surface area (Å²) in [4.78, 5) is 10.6. The van der Waals surface area contributed by atoms with Gasteiger partial charge in [0.15, 0.2) is 24.0 Å². The van der Waals surface area contributed by atoms with Crippen LogP contribution in [0.25, 0.3) is 0 Å². The first-order valence-electron chi connectivity index (χ1n) is 5.55.